The Labute approximate surface area is 89.9 Å². The lowest BCUT2D eigenvalue weighted by molar-refractivity contribution is -0.196. The van der Waals surface area contributed by atoms with Gasteiger partial charge in [-0.3, -0.25) is 0 Å². The lowest BCUT2D eigenvalue weighted by atomic mass is 10.0. The number of rotatable bonds is 4. The maximum absolute atomic E-state index is 11.5. The predicted molar refractivity (Wildman–Crippen MR) is 54.1 cm³/mol. The fraction of sp³-hybridized carbons (Fsp3) is 0.818. The Hall–Kier alpha value is -1.06. The summed E-state index contributed by atoms with van der Waals surface area (Å²) < 4.78 is 10.1. The van der Waals surface area contributed by atoms with Gasteiger partial charge in [0.25, 0.3) is 0 Å². The van der Waals surface area contributed by atoms with Gasteiger partial charge in [-0.15, -0.1) is 0 Å². The number of cyclic esters (lactones) is 2. The standard InChI is InChI=1S/C11H18O4/c1-4-5-8-10(12)15-9(6-7(2)3)11(13)14-8/h7-9H,4-6H2,1-3H3. The van der Waals surface area contributed by atoms with Crippen molar-refractivity contribution in [2.45, 2.75) is 52.2 Å². The quantitative estimate of drug-likeness (QED) is 0.668. The van der Waals surface area contributed by atoms with Crippen LogP contribution >= 0.6 is 0 Å². The molecular weight excluding hydrogens is 196 g/mol. The molecule has 1 heterocycles. The summed E-state index contributed by atoms with van der Waals surface area (Å²) in [5.74, 6) is -0.498. The summed E-state index contributed by atoms with van der Waals surface area (Å²) in [4.78, 5) is 22.9. The van der Waals surface area contributed by atoms with Crippen molar-refractivity contribution in [2.24, 2.45) is 5.92 Å². The first-order valence-corrected chi connectivity index (χ1v) is 5.45. The van der Waals surface area contributed by atoms with Gasteiger partial charge in [-0.05, 0) is 18.8 Å². The minimum Gasteiger partial charge on any atom is -0.448 e. The molecular formula is C11H18O4. The van der Waals surface area contributed by atoms with Crippen LogP contribution < -0.4 is 0 Å². The summed E-state index contributed by atoms with van der Waals surface area (Å²) in [6.45, 7) is 5.87. The SMILES string of the molecule is CCCC1OC(=O)C(CC(C)C)OC1=O. The molecule has 0 aromatic heterocycles. The number of hydrogen-bond donors (Lipinski definition) is 0. The van der Waals surface area contributed by atoms with Crippen LogP contribution in [0, 0.1) is 5.92 Å². The predicted octanol–water partition coefficient (Wildman–Crippen LogP) is 1.67. The maximum Gasteiger partial charge on any atom is 0.348 e. The molecule has 1 aliphatic rings. The summed E-state index contributed by atoms with van der Waals surface area (Å²) in [7, 11) is 0. The maximum atomic E-state index is 11.5. The molecule has 1 aliphatic heterocycles. The van der Waals surface area contributed by atoms with E-state index in [0.29, 0.717) is 18.8 Å². The van der Waals surface area contributed by atoms with E-state index < -0.39 is 24.1 Å². The normalized spacial score (nSPS) is 26.4. The van der Waals surface area contributed by atoms with Gasteiger partial charge in [0.1, 0.15) is 0 Å². The minimum atomic E-state index is -0.703. The molecule has 1 fully saturated rings. The van der Waals surface area contributed by atoms with Crippen molar-refractivity contribution in [3.05, 3.63) is 0 Å². The molecule has 0 radical (unpaired) electrons. The summed E-state index contributed by atoms with van der Waals surface area (Å²) in [5.41, 5.74) is 0. The van der Waals surface area contributed by atoms with E-state index >= 15 is 0 Å². The highest BCUT2D eigenvalue weighted by Gasteiger charge is 2.37. The Morgan fingerprint density at radius 1 is 1.13 bits per heavy atom. The number of carbonyl (C=O) groups excluding carboxylic acids is 2. The molecule has 0 spiro atoms. The highest BCUT2D eigenvalue weighted by Crippen LogP contribution is 2.19. The zero-order valence-electron chi connectivity index (χ0n) is 9.49. The largest absolute Gasteiger partial charge is 0.448 e. The van der Waals surface area contributed by atoms with Gasteiger partial charge < -0.3 is 9.47 Å². The molecule has 1 rings (SSSR count). The number of ether oxygens (including phenoxy) is 2. The van der Waals surface area contributed by atoms with Crippen LogP contribution in [-0.2, 0) is 19.1 Å². The summed E-state index contributed by atoms with van der Waals surface area (Å²) in [5, 5.41) is 0. The molecule has 0 amide bonds. The van der Waals surface area contributed by atoms with Gasteiger partial charge in [0.2, 0.25) is 0 Å². The van der Waals surface area contributed by atoms with Gasteiger partial charge in [0.05, 0.1) is 0 Å². The average Bonchev–Trinajstić information content (AvgIpc) is 2.13. The molecule has 86 valence electrons. The highest BCUT2D eigenvalue weighted by molar-refractivity contribution is 5.87. The summed E-state index contributed by atoms with van der Waals surface area (Å²) >= 11 is 0. The van der Waals surface area contributed by atoms with Crippen LogP contribution in [0.4, 0.5) is 0 Å². The molecule has 15 heavy (non-hydrogen) atoms. The minimum absolute atomic E-state index is 0.304. The van der Waals surface area contributed by atoms with E-state index in [4.69, 9.17) is 9.47 Å². The Kier molecular flexibility index (Phi) is 4.12. The van der Waals surface area contributed by atoms with Crippen LogP contribution in [0.15, 0.2) is 0 Å². The Bertz CT molecular complexity index is 247. The molecule has 0 aliphatic carbocycles. The van der Waals surface area contributed by atoms with E-state index in [1.54, 1.807) is 0 Å². The Balaban J connectivity index is 2.55. The van der Waals surface area contributed by atoms with Gasteiger partial charge in [-0.1, -0.05) is 27.2 Å². The third kappa shape index (κ3) is 3.22. The van der Waals surface area contributed by atoms with Crippen molar-refractivity contribution in [3.63, 3.8) is 0 Å². The van der Waals surface area contributed by atoms with E-state index in [1.807, 2.05) is 20.8 Å². The van der Waals surface area contributed by atoms with E-state index in [0.717, 1.165) is 6.42 Å². The first-order chi connectivity index (χ1) is 7.04. The van der Waals surface area contributed by atoms with Gasteiger partial charge in [0, 0.05) is 0 Å². The van der Waals surface area contributed by atoms with Gasteiger partial charge >= 0.3 is 11.9 Å². The smallest absolute Gasteiger partial charge is 0.348 e. The third-order valence-electron chi connectivity index (χ3n) is 2.28. The molecule has 0 saturated carbocycles. The van der Waals surface area contributed by atoms with Gasteiger partial charge in [-0.25, -0.2) is 9.59 Å². The van der Waals surface area contributed by atoms with E-state index in [2.05, 4.69) is 0 Å². The third-order valence-corrected chi connectivity index (χ3v) is 2.28. The molecule has 0 aromatic carbocycles. The number of hydrogen-bond acceptors (Lipinski definition) is 4. The van der Waals surface area contributed by atoms with Crippen molar-refractivity contribution < 1.29 is 19.1 Å². The lowest BCUT2D eigenvalue weighted by Crippen LogP contribution is -2.44. The molecule has 2 atom stereocenters. The van der Waals surface area contributed by atoms with Crippen LogP contribution in [0.1, 0.15) is 40.0 Å². The Morgan fingerprint density at radius 2 is 1.67 bits per heavy atom. The van der Waals surface area contributed by atoms with E-state index in [9.17, 15) is 9.59 Å². The molecule has 4 heteroatoms. The fourth-order valence-electron chi connectivity index (χ4n) is 1.54. The van der Waals surface area contributed by atoms with Crippen LogP contribution in [0.5, 0.6) is 0 Å². The number of esters is 2. The van der Waals surface area contributed by atoms with Crippen molar-refractivity contribution in [1.29, 1.82) is 0 Å². The van der Waals surface area contributed by atoms with Crippen LogP contribution in [0.2, 0.25) is 0 Å². The summed E-state index contributed by atoms with van der Waals surface area (Å²) in [6, 6.07) is 0. The second kappa shape index (κ2) is 5.14. The van der Waals surface area contributed by atoms with E-state index in [-0.39, 0.29) is 0 Å². The summed E-state index contributed by atoms with van der Waals surface area (Å²) in [6.07, 6.45) is 0.473. The lowest BCUT2D eigenvalue weighted by Gasteiger charge is -2.28. The zero-order valence-corrected chi connectivity index (χ0v) is 9.49. The zero-order chi connectivity index (χ0) is 11.4. The van der Waals surface area contributed by atoms with Gasteiger partial charge in [0.15, 0.2) is 12.2 Å². The van der Waals surface area contributed by atoms with Crippen molar-refractivity contribution in [1.82, 2.24) is 0 Å². The highest BCUT2D eigenvalue weighted by atomic mass is 16.6. The molecule has 4 nitrogen and oxygen atoms in total. The molecule has 0 N–H and O–H groups in total. The van der Waals surface area contributed by atoms with Crippen molar-refractivity contribution in [3.8, 4) is 0 Å². The van der Waals surface area contributed by atoms with E-state index in [1.165, 1.54) is 0 Å². The van der Waals surface area contributed by atoms with Gasteiger partial charge in [-0.2, -0.15) is 0 Å². The van der Waals surface area contributed by atoms with Crippen molar-refractivity contribution in [2.75, 3.05) is 0 Å². The monoisotopic (exact) mass is 214 g/mol. The van der Waals surface area contributed by atoms with Crippen molar-refractivity contribution >= 4 is 11.9 Å². The van der Waals surface area contributed by atoms with Crippen LogP contribution in [-0.4, -0.2) is 24.1 Å². The molecule has 0 aromatic rings. The first-order valence-electron chi connectivity index (χ1n) is 5.45. The molecule has 1 saturated heterocycles. The molecule has 0 bridgehead atoms. The van der Waals surface area contributed by atoms with Crippen LogP contribution in [0.25, 0.3) is 0 Å². The topological polar surface area (TPSA) is 52.6 Å². The molecule has 2 unspecified atom stereocenters. The second-order valence-corrected chi connectivity index (χ2v) is 4.27. The number of carbonyl (C=O) groups is 2. The van der Waals surface area contributed by atoms with Crippen LogP contribution in [0.3, 0.4) is 0 Å². The average molecular weight is 214 g/mol. The second-order valence-electron chi connectivity index (χ2n) is 4.27. The fourth-order valence-corrected chi connectivity index (χ4v) is 1.54. The first kappa shape index (κ1) is 12.0. The Morgan fingerprint density at radius 3 is 2.20 bits per heavy atom.